The van der Waals surface area contributed by atoms with Gasteiger partial charge in [-0.05, 0) is 84.0 Å². The van der Waals surface area contributed by atoms with Crippen LogP contribution in [0.15, 0.2) is 97.2 Å². The Morgan fingerprint density at radius 2 is 1.01 bits per heavy atom. The molecule has 400 valence electrons. The minimum Gasteiger partial charge on any atom is -0.394 e. The molecule has 0 bridgehead atoms. The fourth-order valence-corrected chi connectivity index (χ4v) is 8.06. The number of carbonyl (C=O) groups is 1. The van der Waals surface area contributed by atoms with Gasteiger partial charge in [0.25, 0.3) is 0 Å². The first-order valence-corrected chi connectivity index (χ1v) is 26.4. The summed E-state index contributed by atoms with van der Waals surface area (Å²) < 4.78 is 22.6. The van der Waals surface area contributed by atoms with E-state index in [9.17, 15) is 45.6 Å². The third-order valence-corrected chi connectivity index (χ3v) is 12.3. The number of aliphatic hydroxyl groups excluding tert-OH is 8. The summed E-state index contributed by atoms with van der Waals surface area (Å²) in [6.07, 6.45) is 39.2. The second-order valence-corrected chi connectivity index (χ2v) is 18.3. The van der Waals surface area contributed by atoms with Gasteiger partial charge in [0.1, 0.15) is 48.8 Å². The van der Waals surface area contributed by atoms with E-state index >= 15 is 0 Å². The molecular weight excluding hydrogens is 895 g/mol. The zero-order valence-electron chi connectivity index (χ0n) is 42.5. The number of hydrogen-bond donors (Lipinski definition) is 9. The Morgan fingerprint density at radius 1 is 0.543 bits per heavy atom. The van der Waals surface area contributed by atoms with Crippen LogP contribution in [0.2, 0.25) is 0 Å². The molecule has 0 radical (unpaired) electrons. The maximum Gasteiger partial charge on any atom is 0.220 e. The Bertz CT molecular complexity index is 1540. The van der Waals surface area contributed by atoms with Gasteiger partial charge in [0.2, 0.25) is 5.91 Å². The monoisotopic (exact) mass is 988 g/mol. The van der Waals surface area contributed by atoms with Crippen molar-refractivity contribution in [3.63, 3.8) is 0 Å². The summed E-state index contributed by atoms with van der Waals surface area (Å²) in [5.41, 5.74) is 0. The molecule has 9 N–H and O–H groups in total. The molecule has 70 heavy (non-hydrogen) atoms. The third kappa shape index (κ3) is 27.7. The van der Waals surface area contributed by atoms with E-state index in [1.165, 1.54) is 44.9 Å². The lowest BCUT2D eigenvalue weighted by Gasteiger charge is -2.46. The summed E-state index contributed by atoms with van der Waals surface area (Å²) in [7, 11) is 0. The van der Waals surface area contributed by atoms with Gasteiger partial charge in [-0.3, -0.25) is 4.79 Å². The maximum absolute atomic E-state index is 13.2. The van der Waals surface area contributed by atoms with Crippen molar-refractivity contribution in [3.05, 3.63) is 97.2 Å². The smallest absolute Gasteiger partial charge is 0.220 e. The summed E-state index contributed by atoms with van der Waals surface area (Å²) in [5, 5.41) is 86.6. The van der Waals surface area contributed by atoms with Crippen LogP contribution < -0.4 is 5.32 Å². The first-order valence-electron chi connectivity index (χ1n) is 26.4. The molecule has 14 nitrogen and oxygen atoms in total. The van der Waals surface area contributed by atoms with E-state index < -0.39 is 86.8 Å². The predicted octanol–water partition coefficient (Wildman–Crippen LogP) is 7.54. The molecule has 12 atom stereocenters. The summed E-state index contributed by atoms with van der Waals surface area (Å²) >= 11 is 0. The van der Waals surface area contributed by atoms with Crippen LogP contribution in [0.4, 0.5) is 0 Å². The molecule has 0 aliphatic carbocycles. The van der Waals surface area contributed by atoms with Crippen molar-refractivity contribution >= 4 is 5.91 Å². The van der Waals surface area contributed by atoms with Crippen molar-refractivity contribution in [3.8, 4) is 0 Å². The maximum atomic E-state index is 13.2. The molecule has 14 heteroatoms. The van der Waals surface area contributed by atoms with Crippen LogP contribution in [0.25, 0.3) is 0 Å². The molecule has 0 aromatic heterocycles. The van der Waals surface area contributed by atoms with Crippen molar-refractivity contribution in [2.24, 2.45) is 0 Å². The van der Waals surface area contributed by atoms with Crippen LogP contribution in [0.3, 0.4) is 0 Å². The molecule has 1 amide bonds. The van der Waals surface area contributed by atoms with Crippen LogP contribution in [0.1, 0.15) is 155 Å². The normalized spacial score (nSPS) is 26.8. The number of hydrogen-bond acceptors (Lipinski definition) is 13. The van der Waals surface area contributed by atoms with E-state index in [4.69, 9.17) is 18.9 Å². The Kier molecular flexibility index (Phi) is 37.3. The van der Waals surface area contributed by atoms with E-state index in [0.29, 0.717) is 12.8 Å². The second-order valence-electron chi connectivity index (χ2n) is 18.3. The number of unbranched alkanes of at least 4 members (excludes halogenated alkanes) is 13. The number of carbonyl (C=O) groups excluding carboxylic acids is 1. The van der Waals surface area contributed by atoms with Crippen LogP contribution in [0.5, 0.6) is 0 Å². The average Bonchev–Trinajstić information content (AvgIpc) is 3.36. The van der Waals surface area contributed by atoms with Gasteiger partial charge in [-0.1, -0.05) is 162 Å². The highest BCUT2D eigenvalue weighted by Crippen LogP contribution is 2.30. The van der Waals surface area contributed by atoms with E-state index in [2.05, 4.69) is 91.2 Å². The first-order chi connectivity index (χ1) is 34.1. The molecule has 0 aromatic carbocycles. The summed E-state index contributed by atoms with van der Waals surface area (Å²) in [6, 6.07) is -0.943. The first kappa shape index (κ1) is 63.0. The fourth-order valence-electron chi connectivity index (χ4n) is 8.06. The van der Waals surface area contributed by atoms with Crippen molar-refractivity contribution in [1.82, 2.24) is 5.32 Å². The topological polar surface area (TPSA) is 228 Å². The highest BCUT2D eigenvalue weighted by molar-refractivity contribution is 5.76. The molecule has 0 saturated carbocycles. The molecule has 0 spiro atoms. The molecule has 2 heterocycles. The number of allylic oxidation sites excluding steroid dienone is 15. The van der Waals surface area contributed by atoms with Gasteiger partial charge in [0.15, 0.2) is 12.6 Å². The molecule has 2 fully saturated rings. The van der Waals surface area contributed by atoms with Crippen LogP contribution in [-0.4, -0.2) is 140 Å². The number of ether oxygens (including phenoxy) is 4. The van der Waals surface area contributed by atoms with Gasteiger partial charge < -0.3 is 65.1 Å². The van der Waals surface area contributed by atoms with Crippen molar-refractivity contribution in [2.45, 2.75) is 229 Å². The lowest BCUT2D eigenvalue weighted by atomic mass is 9.97. The Hall–Kier alpha value is -3.09. The van der Waals surface area contributed by atoms with E-state index in [1.54, 1.807) is 6.08 Å². The number of nitrogens with one attached hydrogen (secondary N) is 1. The van der Waals surface area contributed by atoms with Crippen LogP contribution in [0, 0.1) is 0 Å². The zero-order chi connectivity index (χ0) is 51.0. The second kappa shape index (κ2) is 41.4. The standard InChI is InChI=1S/C56H93NO13/c1-3-5-7-9-11-13-14-15-16-17-18-19-20-21-22-23-24-25-26-27-28-29-30-32-34-36-38-40-48(61)57-44(45(60)39-37-35-33-31-12-10-8-6-4-2)43-67-55-53(66)51(64)54(47(42-59)69-55)70-56-52(65)50(63)49(62)46(41-58)68-56/h4-7,11-13,15-16,18-19,21-22,31,37,39,44-47,49-56,58-60,62-66H,3,8-10,14,17,20,23-30,32-36,38,40-43H2,1-2H3,(H,57,61)/b6-4+,7-5-,13-11-,16-15-,19-18-,22-21-,31-12+,39-37+. The lowest BCUT2D eigenvalue weighted by Crippen LogP contribution is -2.65. The highest BCUT2D eigenvalue weighted by Gasteiger charge is 2.51. The highest BCUT2D eigenvalue weighted by atomic mass is 16.7. The molecule has 12 unspecified atom stereocenters. The Balaban J connectivity index is 1.71. The van der Waals surface area contributed by atoms with Crippen LogP contribution >= 0.6 is 0 Å². The Morgan fingerprint density at radius 3 is 1.57 bits per heavy atom. The summed E-state index contributed by atoms with van der Waals surface area (Å²) in [4.78, 5) is 13.2. The van der Waals surface area contributed by atoms with Gasteiger partial charge >= 0.3 is 0 Å². The SMILES string of the molecule is C/C=C/CC/C=C/CC/C=C/C(O)C(COC1OC(CO)C(OC2OC(CO)C(O)C(O)C2O)C(O)C1O)NC(=O)CCCCCCCCCCCCC/C=C\C/C=C\C/C=C\C/C=C\C/C=C\CC. The summed E-state index contributed by atoms with van der Waals surface area (Å²) in [6.45, 7) is 2.38. The lowest BCUT2D eigenvalue weighted by molar-refractivity contribution is -0.359. The van der Waals surface area contributed by atoms with E-state index in [-0.39, 0.29) is 18.9 Å². The van der Waals surface area contributed by atoms with Gasteiger partial charge in [-0.15, -0.1) is 0 Å². The molecule has 2 rings (SSSR count). The molecule has 0 aromatic rings. The molecule has 2 aliphatic rings. The zero-order valence-corrected chi connectivity index (χ0v) is 42.5. The van der Waals surface area contributed by atoms with Crippen molar-refractivity contribution in [1.29, 1.82) is 0 Å². The van der Waals surface area contributed by atoms with E-state index in [1.807, 2.05) is 19.1 Å². The van der Waals surface area contributed by atoms with Crippen molar-refractivity contribution < 1.29 is 64.6 Å². The van der Waals surface area contributed by atoms with Gasteiger partial charge in [-0.25, -0.2) is 0 Å². The number of rotatable bonds is 39. The third-order valence-electron chi connectivity index (χ3n) is 12.3. The number of amides is 1. The predicted molar refractivity (Wildman–Crippen MR) is 276 cm³/mol. The quantitative estimate of drug-likeness (QED) is 0.0215. The molecule has 2 saturated heterocycles. The molecule has 2 aliphatic heterocycles. The molecular formula is C56H93NO13. The van der Waals surface area contributed by atoms with Gasteiger partial charge in [0.05, 0.1) is 32.0 Å². The number of aliphatic hydroxyl groups is 8. The average molecular weight is 988 g/mol. The Labute approximate surface area is 420 Å². The largest absolute Gasteiger partial charge is 0.394 e. The minimum atomic E-state index is -1.80. The minimum absolute atomic E-state index is 0.259. The van der Waals surface area contributed by atoms with Gasteiger partial charge in [0, 0.05) is 6.42 Å². The fraction of sp³-hybridized carbons (Fsp3) is 0.696. The van der Waals surface area contributed by atoms with E-state index in [0.717, 1.165) is 77.0 Å². The van der Waals surface area contributed by atoms with Crippen LogP contribution in [-0.2, 0) is 23.7 Å². The van der Waals surface area contributed by atoms with Crippen molar-refractivity contribution in [2.75, 3.05) is 19.8 Å². The van der Waals surface area contributed by atoms with Gasteiger partial charge in [-0.2, -0.15) is 0 Å². The summed E-state index contributed by atoms with van der Waals surface area (Å²) in [5.74, 6) is -0.266.